The van der Waals surface area contributed by atoms with Crippen molar-refractivity contribution in [3.8, 4) is 0 Å². The molecule has 0 radical (unpaired) electrons. The van der Waals surface area contributed by atoms with Crippen molar-refractivity contribution >= 4 is 16.7 Å². The van der Waals surface area contributed by atoms with Gasteiger partial charge in [0.05, 0.1) is 30.2 Å². The molecule has 4 nitrogen and oxygen atoms in total. The summed E-state index contributed by atoms with van der Waals surface area (Å²) in [5, 5.41) is 0.810. The van der Waals surface area contributed by atoms with Crippen molar-refractivity contribution in [2.24, 2.45) is 5.41 Å². The van der Waals surface area contributed by atoms with E-state index >= 15 is 0 Å². The Labute approximate surface area is 165 Å². The highest BCUT2D eigenvalue weighted by atomic mass is 19.1. The maximum Gasteiger partial charge on any atom is 0.142 e. The second-order valence-corrected chi connectivity index (χ2v) is 8.45. The molecule has 4 rings (SSSR count). The Balaban J connectivity index is 1.90. The molecule has 2 aliphatic heterocycles. The van der Waals surface area contributed by atoms with E-state index in [1.165, 1.54) is 6.20 Å². The minimum absolute atomic E-state index is 0.000629. The normalized spacial score (nSPS) is 19.1. The average Bonchev–Trinajstić information content (AvgIpc) is 2.97. The summed E-state index contributed by atoms with van der Waals surface area (Å²) in [5.41, 5.74) is 4.64. The van der Waals surface area contributed by atoms with E-state index < -0.39 is 0 Å². The summed E-state index contributed by atoms with van der Waals surface area (Å²) < 4.78 is 21.6. The van der Waals surface area contributed by atoms with Crippen LogP contribution in [-0.2, 0) is 11.3 Å². The van der Waals surface area contributed by atoms with Gasteiger partial charge in [0.1, 0.15) is 17.2 Å². The van der Waals surface area contributed by atoms with Gasteiger partial charge in [-0.15, -0.1) is 0 Å². The smallest absolute Gasteiger partial charge is 0.142 e. The Morgan fingerprint density at radius 3 is 2.79 bits per heavy atom. The summed E-state index contributed by atoms with van der Waals surface area (Å²) >= 11 is 0. The van der Waals surface area contributed by atoms with Crippen molar-refractivity contribution < 1.29 is 9.13 Å². The Hall–Kier alpha value is -2.82. The summed E-state index contributed by atoms with van der Waals surface area (Å²) in [4.78, 5) is 6.66. The van der Waals surface area contributed by atoms with Crippen LogP contribution in [0.25, 0.3) is 16.7 Å². The third-order valence-corrected chi connectivity index (χ3v) is 5.48. The van der Waals surface area contributed by atoms with Crippen LogP contribution < -0.4 is 0 Å². The van der Waals surface area contributed by atoms with Gasteiger partial charge in [-0.3, -0.25) is 0 Å². The van der Waals surface area contributed by atoms with E-state index in [2.05, 4.69) is 60.7 Å². The van der Waals surface area contributed by atoms with Crippen LogP contribution >= 0.6 is 0 Å². The first-order valence-corrected chi connectivity index (χ1v) is 9.59. The van der Waals surface area contributed by atoms with Gasteiger partial charge >= 0.3 is 0 Å². The summed E-state index contributed by atoms with van der Waals surface area (Å²) in [6.45, 7) is 18.2. The number of pyridine rings is 1. The van der Waals surface area contributed by atoms with Gasteiger partial charge in [0.25, 0.3) is 0 Å². The summed E-state index contributed by atoms with van der Waals surface area (Å²) in [5.74, 6) is 0.308. The van der Waals surface area contributed by atoms with Crippen LogP contribution in [0, 0.1) is 11.2 Å². The van der Waals surface area contributed by atoms with Gasteiger partial charge in [-0.25, -0.2) is 9.37 Å². The first-order valence-electron chi connectivity index (χ1n) is 9.59. The predicted molar refractivity (Wildman–Crippen MR) is 111 cm³/mol. The minimum atomic E-state index is -0.322. The van der Waals surface area contributed by atoms with E-state index in [1.54, 1.807) is 6.07 Å². The number of allylic oxidation sites excluding steroid dienone is 2. The fourth-order valence-electron chi connectivity index (χ4n) is 4.04. The molecule has 0 saturated heterocycles. The van der Waals surface area contributed by atoms with Gasteiger partial charge in [-0.05, 0) is 36.1 Å². The van der Waals surface area contributed by atoms with E-state index in [1.807, 2.05) is 13.0 Å². The second kappa shape index (κ2) is 6.36. The Morgan fingerprint density at radius 2 is 2.11 bits per heavy atom. The highest BCUT2D eigenvalue weighted by Crippen LogP contribution is 2.43. The van der Waals surface area contributed by atoms with Crippen molar-refractivity contribution in [2.45, 2.75) is 40.3 Å². The molecule has 0 amide bonds. The van der Waals surface area contributed by atoms with Crippen LogP contribution in [-0.4, -0.2) is 27.1 Å². The average molecular weight is 379 g/mol. The third kappa shape index (κ3) is 2.86. The van der Waals surface area contributed by atoms with Gasteiger partial charge in [-0.2, -0.15) is 0 Å². The van der Waals surface area contributed by atoms with E-state index in [-0.39, 0.29) is 17.3 Å². The molecule has 4 heterocycles. The van der Waals surface area contributed by atoms with Crippen LogP contribution in [0.4, 0.5) is 4.39 Å². The molecule has 0 spiro atoms. The molecule has 5 heteroatoms. The van der Waals surface area contributed by atoms with Gasteiger partial charge in [0.15, 0.2) is 0 Å². The fourth-order valence-corrected chi connectivity index (χ4v) is 4.04. The number of halogens is 1. The van der Waals surface area contributed by atoms with E-state index in [9.17, 15) is 4.39 Å². The Kier molecular flexibility index (Phi) is 4.21. The topological polar surface area (TPSA) is 30.3 Å². The number of aromatic nitrogens is 2. The third-order valence-electron chi connectivity index (χ3n) is 5.48. The van der Waals surface area contributed by atoms with Crippen molar-refractivity contribution in [3.05, 3.63) is 72.2 Å². The molecule has 0 aliphatic carbocycles. The standard InChI is InChI=1S/C23H26FN3O/c1-7-28-15(3)18-12-26-19(8-14(18)2)20-10-16-9-17(24)11-25-22(16)27(20)13-21(26)23(4,5)6/h8-12,21H,2-3,7,13H2,1,4-6H3. The molecule has 28 heavy (non-hydrogen) atoms. The van der Waals surface area contributed by atoms with Crippen LogP contribution in [0.1, 0.15) is 33.4 Å². The molecule has 0 fully saturated rings. The zero-order valence-corrected chi connectivity index (χ0v) is 16.9. The summed E-state index contributed by atoms with van der Waals surface area (Å²) in [6.07, 6.45) is 5.45. The first kappa shape index (κ1) is 18.5. The van der Waals surface area contributed by atoms with Crippen LogP contribution in [0.5, 0.6) is 0 Å². The van der Waals surface area contributed by atoms with E-state index in [0.29, 0.717) is 12.4 Å². The van der Waals surface area contributed by atoms with Crippen molar-refractivity contribution in [2.75, 3.05) is 6.61 Å². The lowest BCUT2D eigenvalue weighted by Gasteiger charge is -2.46. The van der Waals surface area contributed by atoms with Crippen LogP contribution in [0.2, 0.25) is 0 Å². The van der Waals surface area contributed by atoms with Gasteiger partial charge in [0.2, 0.25) is 0 Å². The van der Waals surface area contributed by atoms with E-state index in [0.717, 1.165) is 40.1 Å². The predicted octanol–water partition coefficient (Wildman–Crippen LogP) is 5.25. The number of fused-ring (bicyclic) bond motifs is 5. The fraction of sp³-hybridized carbons (Fsp3) is 0.348. The maximum atomic E-state index is 13.7. The second-order valence-electron chi connectivity index (χ2n) is 8.45. The SMILES string of the molecule is C=C1C=C2c3cc4cc(F)cnc4n3CC(C(C)(C)C)N2C=C1C(=C)OCC. The number of hydrogen-bond acceptors (Lipinski definition) is 3. The molecule has 1 atom stereocenters. The zero-order chi connectivity index (χ0) is 20.2. The lowest BCUT2D eigenvalue weighted by molar-refractivity contribution is 0.162. The largest absolute Gasteiger partial charge is 0.494 e. The summed E-state index contributed by atoms with van der Waals surface area (Å²) in [6, 6.07) is 3.74. The lowest BCUT2D eigenvalue weighted by atomic mass is 9.83. The highest BCUT2D eigenvalue weighted by Gasteiger charge is 2.39. The molecule has 1 unspecified atom stereocenters. The van der Waals surface area contributed by atoms with Gasteiger partial charge in [0, 0.05) is 23.7 Å². The Morgan fingerprint density at radius 1 is 1.36 bits per heavy atom. The quantitative estimate of drug-likeness (QED) is 0.682. The molecule has 0 aromatic carbocycles. The maximum absolute atomic E-state index is 13.7. The molecule has 2 aromatic rings. The van der Waals surface area contributed by atoms with Crippen molar-refractivity contribution in [1.82, 2.24) is 14.5 Å². The first-order chi connectivity index (χ1) is 13.2. The highest BCUT2D eigenvalue weighted by molar-refractivity contribution is 5.85. The van der Waals surface area contributed by atoms with Gasteiger partial charge < -0.3 is 14.2 Å². The van der Waals surface area contributed by atoms with Gasteiger partial charge in [-0.1, -0.05) is 33.9 Å². The number of ether oxygens (including phenoxy) is 1. The van der Waals surface area contributed by atoms with Crippen LogP contribution in [0.15, 0.2) is 60.7 Å². The number of hydrogen-bond donors (Lipinski definition) is 0. The number of nitrogens with zero attached hydrogens (tertiary/aromatic N) is 3. The van der Waals surface area contributed by atoms with Crippen molar-refractivity contribution in [3.63, 3.8) is 0 Å². The summed E-state index contributed by atoms with van der Waals surface area (Å²) in [7, 11) is 0. The molecule has 0 saturated carbocycles. The molecule has 0 bridgehead atoms. The molecule has 0 N–H and O–H groups in total. The molecule has 2 aliphatic rings. The van der Waals surface area contributed by atoms with Crippen molar-refractivity contribution in [1.29, 1.82) is 0 Å². The zero-order valence-electron chi connectivity index (χ0n) is 16.9. The number of rotatable bonds is 3. The van der Waals surface area contributed by atoms with Crippen LogP contribution in [0.3, 0.4) is 0 Å². The molecule has 2 aromatic heterocycles. The van der Waals surface area contributed by atoms with E-state index in [4.69, 9.17) is 4.74 Å². The Bertz CT molecular complexity index is 1050. The molecule has 146 valence electrons. The monoisotopic (exact) mass is 379 g/mol. The molecular weight excluding hydrogens is 353 g/mol. The molecular formula is C23H26FN3O. The lowest BCUT2D eigenvalue weighted by Crippen LogP contribution is -2.47. The minimum Gasteiger partial charge on any atom is -0.494 e.